The van der Waals surface area contributed by atoms with E-state index in [1.807, 2.05) is 0 Å². The summed E-state index contributed by atoms with van der Waals surface area (Å²) in [5.74, 6) is 5.52. The molecule has 104 valence electrons. The molecular formula is C12H11ClN4O3. The Bertz CT molecular complexity index is 636. The lowest BCUT2D eigenvalue weighted by Gasteiger charge is -2.08. The van der Waals surface area contributed by atoms with Crippen molar-refractivity contribution in [3.8, 4) is 5.75 Å². The molecular weight excluding hydrogens is 284 g/mol. The van der Waals surface area contributed by atoms with Crippen LogP contribution in [-0.2, 0) is 6.61 Å². The van der Waals surface area contributed by atoms with Crippen LogP contribution in [0.1, 0.15) is 5.69 Å². The molecule has 8 heteroatoms. The number of anilines is 1. The van der Waals surface area contributed by atoms with E-state index >= 15 is 0 Å². The minimum absolute atomic E-state index is 0.0882. The van der Waals surface area contributed by atoms with Crippen molar-refractivity contribution in [2.75, 3.05) is 5.43 Å². The molecule has 2 rings (SSSR count). The molecule has 0 saturated heterocycles. The first kappa shape index (κ1) is 14.0. The number of nitrogen functional groups attached to an aromatic ring is 1. The summed E-state index contributed by atoms with van der Waals surface area (Å²) in [7, 11) is 0. The highest BCUT2D eigenvalue weighted by Gasteiger charge is 2.11. The Hall–Kier alpha value is -2.38. The first-order valence-electron chi connectivity index (χ1n) is 5.58. The largest absolute Gasteiger partial charge is 0.485 e. The van der Waals surface area contributed by atoms with Crippen LogP contribution < -0.4 is 16.0 Å². The number of halogens is 1. The molecule has 0 unspecified atom stereocenters. The van der Waals surface area contributed by atoms with E-state index in [1.54, 1.807) is 18.3 Å². The third-order valence-corrected chi connectivity index (χ3v) is 2.80. The van der Waals surface area contributed by atoms with Crippen LogP contribution in [-0.4, -0.2) is 9.91 Å². The SMILES string of the molecule is NNc1ccnc(COc2cc([N+](=O)[O-])ccc2Cl)c1. The predicted octanol–water partition coefficient (Wildman–Crippen LogP) is 2.51. The van der Waals surface area contributed by atoms with Gasteiger partial charge in [-0.15, -0.1) is 0 Å². The molecule has 0 atom stereocenters. The maximum Gasteiger partial charge on any atom is 0.273 e. The molecule has 2 aromatic rings. The van der Waals surface area contributed by atoms with Gasteiger partial charge in [0, 0.05) is 12.3 Å². The summed E-state index contributed by atoms with van der Waals surface area (Å²) in [5, 5.41) is 11.0. The molecule has 0 spiro atoms. The highest BCUT2D eigenvalue weighted by Crippen LogP contribution is 2.29. The molecule has 7 nitrogen and oxygen atoms in total. The number of nitro benzene ring substituents is 1. The van der Waals surface area contributed by atoms with Crippen LogP contribution >= 0.6 is 11.6 Å². The lowest BCUT2D eigenvalue weighted by atomic mass is 10.3. The number of non-ortho nitro benzene ring substituents is 1. The van der Waals surface area contributed by atoms with Crippen molar-refractivity contribution in [2.24, 2.45) is 5.84 Å². The molecule has 0 radical (unpaired) electrons. The summed E-state index contributed by atoms with van der Waals surface area (Å²) in [6, 6.07) is 7.40. The number of nitrogens with one attached hydrogen (secondary N) is 1. The van der Waals surface area contributed by atoms with Gasteiger partial charge in [-0.25, -0.2) is 0 Å². The smallest absolute Gasteiger partial charge is 0.273 e. The average molecular weight is 295 g/mol. The lowest BCUT2D eigenvalue weighted by molar-refractivity contribution is -0.384. The van der Waals surface area contributed by atoms with E-state index in [0.717, 1.165) is 0 Å². The molecule has 20 heavy (non-hydrogen) atoms. The van der Waals surface area contributed by atoms with Crippen molar-refractivity contribution < 1.29 is 9.66 Å². The van der Waals surface area contributed by atoms with Gasteiger partial charge in [-0.05, 0) is 18.2 Å². The number of aromatic nitrogens is 1. The predicted molar refractivity (Wildman–Crippen MR) is 74.5 cm³/mol. The maximum absolute atomic E-state index is 10.7. The molecule has 3 N–H and O–H groups in total. The van der Waals surface area contributed by atoms with E-state index in [9.17, 15) is 10.1 Å². The number of hydrazine groups is 1. The molecule has 0 aliphatic carbocycles. The summed E-state index contributed by atoms with van der Waals surface area (Å²) in [6.45, 7) is 0.121. The number of rotatable bonds is 5. The van der Waals surface area contributed by atoms with Gasteiger partial charge in [0.1, 0.15) is 12.4 Å². The number of ether oxygens (including phenoxy) is 1. The molecule has 0 fully saturated rings. The summed E-state index contributed by atoms with van der Waals surface area (Å²) in [4.78, 5) is 14.3. The number of pyridine rings is 1. The van der Waals surface area contributed by atoms with Crippen molar-refractivity contribution in [3.63, 3.8) is 0 Å². The Kier molecular flexibility index (Phi) is 4.34. The van der Waals surface area contributed by atoms with Crippen LogP contribution in [0.2, 0.25) is 5.02 Å². The van der Waals surface area contributed by atoms with E-state index in [2.05, 4.69) is 10.4 Å². The Morgan fingerprint density at radius 2 is 2.20 bits per heavy atom. The second kappa shape index (κ2) is 6.18. The van der Waals surface area contributed by atoms with E-state index < -0.39 is 4.92 Å². The molecule has 1 aromatic heterocycles. The maximum atomic E-state index is 10.7. The first-order valence-corrected chi connectivity index (χ1v) is 5.96. The topological polar surface area (TPSA) is 103 Å². The molecule has 0 aliphatic heterocycles. The van der Waals surface area contributed by atoms with Gasteiger partial charge in [-0.1, -0.05) is 11.6 Å². The van der Waals surface area contributed by atoms with E-state index in [-0.39, 0.29) is 18.0 Å². The lowest BCUT2D eigenvalue weighted by Crippen LogP contribution is -2.08. The van der Waals surface area contributed by atoms with Crippen molar-refractivity contribution in [3.05, 3.63) is 57.4 Å². The summed E-state index contributed by atoms with van der Waals surface area (Å²) in [6.07, 6.45) is 1.57. The Labute approximate surface area is 119 Å². The molecule has 1 aromatic carbocycles. The van der Waals surface area contributed by atoms with Gasteiger partial charge in [0.15, 0.2) is 0 Å². The van der Waals surface area contributed by atoms with Crippen LogP contribution in [0.25, 0.3) is 0 Å². The molecule has 0 aliphatic rings. The number of nitro groups is 1. The Morgan fingerprint density at radius 1 is 1.40 bits per heavy atom. The zero-order chi connectivity index (χ0) is 14.5. The third-order valence-electron chi connectivity index (χ3n) is 2.48. The molecule has 0 amide bonds. The van der Waals surface area contributed by atoms with Gasteiger partial charge >= 0.3 is 0 Å². The number of hydrogen-bond donors (Lipinski definition) is 2. The van der Waals surface area contributed by atoms with Crippen LogP contribution in [0, 0.1) is 10.1 Å². The highest BCUT2D eigenvalue weighted by molar-refractivity contribution is 6.32. The van der Waals surface area contributed by atoms with Gasteiger partial charge in [-0.3, -0.25) is 20.9 Å². The fourth-order valence-corrected chi connectivity index (χ4v) is 1.69. The number of nitrogens with two attached hydrogens (primary N) is 1. The van der Waals surface area contributed by atoms with Crippen molar-refractivity contribution in [1.82, 2.24) is 4.98 Å². The van der Waals surface area contributed by atoms with Gasteiger partial charge < -0.3 is 10.2 Å². The Morgan fingerprint density at radius 3 is 2.90 bits per heavy atom. The zero-order valence-corrected chi connectivity index (χ0v) is 11.0. The summed E-state index contributed by atoms with van der Waals surface area (Å²) in [5.41, 5.74) is 3.70. The Balaban J connectivity index is 2.13. The van der Waals surface area contributed by atoms with Crippen LogP contribution in [0.15, 0.2) is 36.5 Å². The normalized spacial score (nSPS) is 10.1. The quantitative estimate of drug-likeness (QED) is 0.499. The standard InChI is InChI=1S/C12H11ClN4O3/c13-11-2-1-10(17(18)19)6-12(11)20-7-9-5-8(16-14)3-4-15-9/h1-6H,7,14H2,(H,15,16). The number of benzene rings is 1. The number of hydrogen-bond acceptors (Lipinski definition) is 6. The van der Waals surface area contributed by atoms with Crippen LogP contribution in [0.4, 0.5) is 11.4 Å². The van der Waals surface area contributed by atoms with Crippen LogP contribution in [0.3, 0.4) is 0 Å². The van der Waals surface area contributed by atoms with E-state index in [4.69, 9.17) is 22.2 Å². The minimum atomic E-state index is -0.513. The van der Waals surface area contributed by atoms with Gasteiger partial charge in [-0.2, -0.15) is 0 Å². The van der Waals surface area contributed by atoms with Crippen molar-refractivity contribution in [1.29, 1.82) is 0 Å². The van der Waals surface area contributed by atoms with E-state index in [0.29, 0.717) is 16.4 Å². The third kappa shape index (κ3) is 3.34. The second-order valence-electron chi connectivity index (χ2n) is 3.84. The minimum Gasteiger partial charge on any atom is -0.485 e. The molecule has 0 saturated carbocycles. The van der Waals surface area contributed by atoms with E-state index in [1.165, 1.54) is 18.2 Å². The van der Waals surface area contributed by atoms with Gasteiger partial charge in [0.05, 0.1) is 27.4 Å². The summed E-state index contributed by atoms with van der Waals surface area (Å²) >= 11 is 5.93. The van der Waals surface area contributed by atoms with Crippen molar-refractivity contribution in [2.45, 2.75) is 6.61 Å². The first-order chi connectivity index (χ1) is 9.60. The zero-order valence-electron chi connectivity index (χ0n) is 10.2. The average Bonchev–Trinajstić information content (AvgIpc) is 2.46. The highest BCUT2D eigenvalue weighted by atomic mass is 35.5. The summed E-state index contributed by atoms with van der Waals surface area (Å²) < 4.78 is 5.45. The second-order valence-corrected chi connectivity index (χ2v) is 4.25. The van der Waals surface area contributed by atoms with Gasteiger partial charge in [0.2, 0.25) is 0 Å². The van der Waals surface area contributed by atoms with Gasteiger partial charge in [0.25, 0.3) is 5.69 Å². The van der Waals surface area contributed by atoms with Crippen LogP contribution in [0.5, 0.6) is 5.75 Å². The number of nitrogens with zero attached hydrogens (tertiary/aromatic N) is 2. The van der Waals surface area contributed by atoms with Crippen molar-refractivity contribution >= 4 is 23.0 Å². The molecule has 1 heterocycles. The fourth-order valence-electron chi connectivity index (χ4n) is 1.51. The fraction of sp³-hybridized carbons (Fsp3) is 0.0833. The monoisotopic (exact) mass is 294 g/mol. The molecule has 0 bridgehead atoms.